The number of rotatable bonds is 2. The van der Waals surface area contributed by atoms with Crippen LogP contribution in [0.2, 0.25) is 0 Å². The molecule has 2 atom stereocenters. The first-order chi connectivity index (χ1) is 16.4. The second kappa shape index (κ2) is 8.96. The summed E-state index contributed by atoms with van der Waals surface area (Å²) in [5.41, 5.74) is 6.82. The highest BCUT2D eigenvalue weighted by Crippen LogP contribution is 2.49. The monoisotopic (exact) mass is 465 g/mol. The van der Waals surface area contributed by atoms with Crippen LogP contribution in [0.15, 0.2) is 77.8 Å². The van der Waals surface area contributed by atoms with Crippen LogP contribution in [-0.4, -0.2) is 16.5 Å². The van der Waals surface area contributed by atoms with Gasteiger partial charge in [-0.15, -0.1) is 0 Å². The molecule has 0 saturated heterocycles. The Balaban J connectivity index is 1.61. The molecule has 3 aromatic carbocycles. The first kappa shape index (κ1) is 22.7. The van der Waals surface area contributed by atoms with E-state index in [0.717, 1.165) is 41.3 Å². The van der Waals surface area contributed by atoms with Crippen molar-refractivity contribution in [2.24, 2.45) is 4.99 Å². The predicted octanol–water partition coefficient (Wildman–Crippen LogP) is 7.03. The Labute approximate surface area is 207 Å². The molecule has 3 aromatic rings. The molecule has 0 bridgehead atoms. The zero-order chi connectivity index (χ0) is 23.8. The lowest BCUT2D eigenvalue weighted by Gasteiger charge is -2.30. The van der Waals surface area contributed by atoms with Crippen LogP contribution >= 0.6 is 11.8 Å². The molecule has 2 aliphatic rings. The largest absolute Gasteiger partial charge is 0.360 e. The number of hydrogen-bond donors (Lipinski definition) is 1. The molecule has 0 aromatic heterocycles. The van der Waals surface area contributed by atoms with E-state index in [2.05, 4.69) is 86.8 Å². The average molecular weight is 466 g/mol. The quantitative estimate of drug-likeness (QED) is 0.442. The van der Waals surface area contributed by atoms with Gasteiger partial charge < -0.3 is 5.32 Å². The van der Waals surface area contributed by atoms with Gasteiger partial charge in [-0.2, -0.15) is 5.26 Å². The van der Waals surface area contributed by atoms with Gasteiger partial charge in [0.25, 0.3) is 0 Å². The van der Waals surface area contributed by atoms with Gasteiger partial charge in [-0.05, 0) is 92.0 Å². The van der Waals surface area contributed by atoms with E-state index in [4.69, 9.17) is 4.99 Å². The number of amidine groups is 1. The van der Waals surface area contributed by atoms with E-state index in [1.807, 2.05) is 30.0 Å². The molecule has 3 nitrogen and oxygen atoms in total. The van der Waals surface area contributed by atoms with Gasteiger partial charge in [0, 0.05) is 11.3 Å². The molecule has 2 unspecified atom stereocenters. The highest BCUT2D eigenvalue weighted by Gasteiger charge is 2.43. The third-order valence-electron chi connectivity index (χ3n) is 6.80. The number of thioether (sulfide) groups is 1. The van der Waals surface area contributed by atoms with Crippen molar-refractivity contribution in [2.75, 3.05) is 5.75 Å². The van der Waals surface area contributed by atoms with E-state index >= 15 is 0 Å². The van der Waals surface area contributed by atoms with E-state index in [1.165, 1.54) is 16.7 Å². The van der Waals surface area contributed by atoms with Crippen LogP contribution in [0.25, 0.3) is 11.1 Å². The number of nitriles is 1. The van der Waals surface area contributed by atoms with Crippen molar-refractivity contribution in [1.82, 2.24) is 5.32 Å². The normalized spacial score (nSPS) is 21.9. The molecule has 34 heavy (non-hydrogen) atoms. The second-order valence-electron chi connectivity index (χ2n) is 10.5. The Hall–Kier alpha value is -3.03. The zero-order valence-electron chi connectivity index (χ0n) is 20.1. The van der Waals surface area contributed by atoms with E-state index in [0.29, 0.717) is 11.5 Å². The lowest BCUT2D eigenvalue weighted by Crippen LogP contribution is -2.38. The summed E-state index contributed by atoms with van der Waals surface area (Å²) in [6.07, 6.45) is 3.19. The Kier molecular flexibility index (Phi) is 6.00. The first-order valence-corrected chi connectivity index (χ1v) is 13.0. The number of nitrogens with zero attached hydrogens (tertiary/aromatic N) is 2. The number of aliphatic imine (C=N–C) groups is 1. The SMILES string of the molecule is CC(C)(C)NC1=NC2(CS1)CC(c1ccccc1)CCc1ccc(-c3cccc(C#N)c3)cc12. The number of benzene rings is 3. The minimum atomic E-state index is -0.257. The van der Waals surface area contributed by atoms with E-state index in [1.54, 1.807) is 0 Å². The standard InChI is InChI=1S/C30H31N3S/c1-29(2,3)32-28-33-30(20-34-28)18-26(22-9-5-4-6-10-22)15-13-23-12-14-25(17-27(23)30)24-11-7-8-21(16-24)19-31/h4-12,14,16-17,26H,13,15,18,20H2,1-3H3,(H,32,33). The molecule has 1 aliphatic heterocycles. The second-order valence-corrected chi connectivity index (χ2v) is 11.5. The van der Waals surface area contributed by atoms with Gasteiger partial charge >= 0.3 is 0 Å². The molecule has 1 heterocycles. The van der Waals surface area contributed by atoms with Gasteiger partial charge in [0.2, 0.25) is 0 Å². The zero-order valence-corrected chi connectivity index (χ0v) is 21.0. The van der Waals surface area contributed by atoms with Crippen molar-refractivity contribution in [2.45, 2.75) is 57.0 Å². The van der Waals surface area contributed by atoms with Crippen LogP contribution in [-0.2, 0) is 12.0 Å². The lowest BCUT2D eigenvalue weighted by atomic mass is 9.80. The fraction of sp³-hybridized carbons (Fsp3) is 0.333. The maximum absolute atomic E-state index is 9.39. The van der Waals surface area contributed by atoms with Crippen LogP contribution in [0, 0.1) is 11.3 Å². The molecule has 172 valence electrons. The number of aryl methyl sites for hydroxylation is 1. The smallest absolute Gasteiger partial charge is 0.157 e. The Bertz CT molecular complexity index is 1270. The minimum absolute atomic E-state index is 0.0245. The molecule has 0 fully saturated rings. The highest BCUT2D eigenvalue weighted by atomic mass is 32.2. The van der Waals surface area contributed by atoms with Crippen LogP contribution in [0.3, 0.4) is 0 Å². The van der Waals surface area contributed by atoms with Crippen molar-refractivity contribution in [1.29, 1.82) is 5.26 Å². The lowest BCUT2D eigenvalue weighted by molar-refractivity contribution is 0.419. The molecule has 0 saturated carbocycles. The fourth-order valence-electron chi connectivity index (χ4n) is 5.21. The van der Waals surface area contributed by atoms with Gasteiger partial charge in [0.15, 0.2) is 5.17 Å². The summed E-state index contributed by atoms with van der Waals surface area (Å²) in [6.45, 7) is 6.57. The molecule has 1 N–H and O–H groups in total. The maximum atomic E-state index is 9.39. The van der Waals surface area contributed by atoms with Crippen molar-refractivity contribution >= 4 is 16.9 Å². The van der Waals surface area contributed by atoms with Crippen LogP contribution < -0.4 is 5.32 Å². The Morgan fingerprint density at radius 1 is 1.00 bits per heavy atom. The van der Waals surface area contributed by atoms with Crippen LogP contribution in [0.4, 0.5) is 0 Å². The van der Waals surface area contributed by atoms with Crippen molar-refractivity contribution in [3.63, 3.8) is 0 Å². The van der Waals surface area contributed by atoms with Gasteiger partial charge in [0.1, 0.15) is 0 Å². The van der Waals surface area contributed by atoms with E-state index in [9.17, 15) is 5.26 Å². The number of nitrogens with one attached hydrogen (secondary N) is 1. The van der Waals surface area contributed by atoms with Gasteiger partial charge in [-0.25, -0.2) is 0 Å². The first-order valence-electron chi connectivity index (χ1n) is 12.0. The number of hydrogen-bond acceptors (Lipinski definition) is 4. The molecule has 0 amide bonds. The fourth-order valence-corrected chi connectivity index (χ4v) is 6.54. The highest BCUT2D eigenvalue weighted by molar-refractivity contribution is 8.14. The number of fused-ring (bicyclic) bond motifs is 2. The van der Waals surface area contributed by atoms with Gasteiger partial charge in [-0.1, -0.05) is 66.4 Å². The third-order valence-corrected chi connectivity index (χ3v) is 7.89. The summed E-state index contributed by atoms with van der Waals surface area (Å²) >= 11 is 1.85. The summed E-state index contributed by atoms with van der Waals surface area (Å²) < 4.78 is 0. The minimum Gasteiger partial charge on any atom is -0.360 e. The molecule has 1 aliphatic carbocycles. The van der Waals surface area contributed by atoms with Crippen molar-refractivity contribution in [3.05, 3.63) is 95.1 Å². The average Bonchev–Trinajstić information content (AvgIpc) is 3.16. The molecule has 0 radical (unpaired) electrons. The summed E-state index contributed by atoms with van der Waals surface area (Å²) in [7, 11) is 0. The van der Waals surface area contributed by atoms with Gasteiger partial charge in [0.05, 0.1) is 17.2 Å². The Morgan fingerprint density at radius 3 is 2.56 bits per heavy atom. The van der Waals surface area contributed by atoms with E-state index in [-0.39, 0.29) is 11.1 Å². The summed E-state index contributed by atoms with van der Waals surface area (Å²) in [5, 5.41) is 14.1. The summed E-state index contributed by atoms with van der Waals surface area (Å²) in [5.74, 6) is 1.42. The van der Waals surface area contributed by atoms with Gasteiger partial charge in [-0.3, -0.25) is 4.99 Å². The van der Waals surface area contributed by atoms with E-state index < -0.39 is 0 Å². The maximum Gasteiger partial charge on any atom is 0.157 e. The molecule has 4 heteroatoms. The third kappa shape index (κ3) is 4.63. The van der Waals surface area contributed by atoms with Crippen LogP contribution in [0.1, 0.15) is 61.8 Å². The topological polar surface area (TPSA) is 48.2 Å². The molecule has 1 spiro atoms. The predicted molar refractivity (Wildman–Crippen MR) is 143 cm³/mol. The van der Waals surface area contributed by atoms with Crippen molar-refractivity contribution in [3.8, 4) is 17.2 Å². The van der Waals surface area contributed by atoms with Crippen molar-refractivity contribution < 1.29 is 0 Å². The molecular formula is C30H31N3S. The van der Waals surface area contributed by atoms with Crippen LogP contribution in [0.5, 0.6) is 0 Å². The Morgan fingerprint density at radius 2 is 1.79 bits per heavy atom. The summed E-state index contributed by atoms with van der Waals surface area (Å²) in [6, 6.07) is 28.0. The summed E-state index contributed by atoms with van der Waals surface area (Å²) in [4.78, 5) is 5.43. The molecule has 5 rings (SSSR count). The molecular weight excluding hydrogens is 434 g/mol.